The first-order chi connectivity index (χ1) is 6.97. The molecule has 6 nitrogen and oxygen atoms in total. The van der Waals surface area contributed by atoms with E-state index in [0.29, 0.717) is 13.0 Å². The van der Waals surface area contributed by atoms with E-state index >= 15 is 0 Å². The molecule has 15 heavy (non-hydrogen) atoms. The zero-order valence-corrected chi connectivity index (χ0v) is 9.46. The Morgan fingerprint density at radius 2 is 2.13 bits per heavy atom. The Hall–Kier alpha value is -0.660. The van der Waals surface area contributed by atoms with Gasteiger partial charge >= 0.3 is 5.97 Å². The molecule has 0 unspecified atom stereocenters. The van der Waals surface area contributed by atoms with Crippen LogP contribution in [0, 0.1) is 0 Å². The Labute approximate surface area is 89.4 Å². The molecule has 0 heterocycles. The predicted octanol–water partition coefficient (Wildman–Crippen LogP) is -0.220. The average Bonchev–Trinajstić information content (AvgIpc) is 2.94. The summed E-state index contributed by atoms with van der Waals surface area (Å²) in [6, 6.07) is -0.129. The summed E-state index contributed by atoms with van der Waals surface area (Å²) in [5.74, 6) is -1.12. The van der Waals surface area contributed by atoms with Gasteiger partial charge in [-0.25, -0.2) is 4.72 Å². The summed E-state index contributed by atoms with van der Waals surface area (Å²) in [5.41, 5.74) is 0. The lowest BCUT2D eigenvalue weighted by atomic mass is 10.5. The van der Waals surface area contributed by atoms with Crippen LogP contribution < -0.4 is 4.72 Å². The molecule has 0 spiro atoms. The fourth-order valence-corrected chi connectivity index (χ4v) is 2.73. The fourth-order valence-electron chi connectivity index (χ4n) is 1.22. The second-order valence-electron chi connectivity index (χ2n) is 3.57. The number of aliphatic carboxylic acids is 1. The number of carboxylic acid groups (broad SMARTS) is 1. The molecule has 0 saturated heterocycles. The number of rotatable bonds is 7. The van der Waals surface area contributed by atoms with Crippen LogP contribution in [0.15, 0.2) is 0 Å². The maximum Gasteiger partial charge on any atom is 0.318 e. The van der Waals surface area contributed by atoms with Gasteiger partial charge in [-0.3, -0.25) is 4.79 Å². The highest BCUT2D eigenvalue weighted by atomic mass is 32.2. The minimum atomic E-state index is -3.61. The van der Waals surface area contributed by atoms with Gasteiger partial charge in [-0.1, -0.05) is 6.92 Å². The van der Waals surface area contributed by atoms with E-state index in [1.807, 2.05) is 6.92 Å². The fraction of sp³-hybridized carbons (Fsp3) is 0.875. The molecular formula is C8H16N2O4S. The van der Waals surface area contributed by atoms with Crippen molar-refractivity contribution in [1.82, 2.24) is 9.03 Å². The number of nitrogens with zero attached hydrogens (tertiary/aromatic N) is 1. The van der Waals surface area contributed by atoms with E-state index in [9.17, 15) is 13.2 Å². The minimum Gasteiger partial charge on any atom is -0.480 e. The molecule has 1 aliphatic rings. The molecule has 1 saturated carbocycles. The van der Waals surface area contributed by atoms with E-state index < -0.39 is 22.7 Å². The van der Waals surface area contributed by atoms with Crippen molar-refractivity contribution < 1.29 is 18.3 Å². The number of hydrogen-bond acceptors (Lipinski definition) is 3. The summed E-state index contributed by atoms with van der Waals surface area (Å²) in [4.78, 5) is 10.5. The molecule has 0 radical (unpaired) electrons. The van der Waals surface area contributed by atoms with E-state index in [4.69, 9.17) is 5.11 Å². The van der Waals surface area contributed by atoms with Gasteiger partial charge in [0.15, 0.2) is 0 Å². The van der Waals surface area contributed by atoms with Gasteiger partial charge in [-0.2, -0.15) is 12.7 Å². The minimum absolute atomic E-state index is 0.129. The molecule has 1 aliphatic carbocycles. The van der Waals surface area contributed by atoms with Crippen LogP contribution in [-0.4, -0.2) is 42.9 Å². The Balaban J connectivity index is 2.65. The number of carbonyl (C=O) groups is 1. The maximum atomic E-state index is 11.7. The van der Waals surface area contributed by atoms with Crippen molar-refractivity contribution in [3.63, 3.8) is 0 Å². The lowest BCUT2D eigenvalue weighted by Gasteiger charge is -2.19. The van der Waals surface area contributed by atoms with E-state index in [1.54, 1.807) is 0 Å². The molecular weight excluding hydrogens is 220 g/mol. The van der Waals surface area contributed by atoms with Gasteiger partial charge in [0.1, 0.15) is 6.54 Å². The van der Waals surface area contributed by atoms with Crippen molar-refractivity contribution in [3.8, 4) is 0 Å². The van der Waals surface area contributed by atoms with Crippen LogP contribution in [0.5, 0.6) is 0 Å². The second-order valence-corrected chi connectivity index (χ2v) is 5.28. The summed E-state index contributed by atoms with van der Waals surface area (Å²) < 4.78 is 26.7. The van der Waals surface area contributed by atoms with Gasteiger partial charge in [0.2, 0.25) is 0 Å². The standard InChI is InChI=1S/C8H16N2O4S/c1-2-5-9-15(13,14)10(6-8(11)12)7-3-4-7/h7,9H,2-6H2,1H3,(H,11,12). The van der Waals surface area contributed by atoms with E-state index in [1.165, 1.54) is 0 Å². The molecule has 0 aromatic rings. The quantitative estimate of drug-likeness (QED) is 0.640. The molecule has 0 amide bonds. The molecule has 88 valence electrons. The summed E-state index contributed by atoms with van der Waals surface area (Å²) >= 11 is 0. The third-order valence-corrected chi connectivity index (χ3v) is 3.70. The van der Waals surface area contributed by atoms with Crippen molar-refractivity contribution in [2.75, 3.05) is 13.1 Å². The SMILES string of the molecule is CCCNS(=O)(=O)N(CC(=O)O)C1CC1. The Morgan fingerprint density at radius 1 is 1.53 bits per heavy atom. The molecule has 0 bridgehead atoms. The molecule has 0 aromatic heterocycles. The van der Waals surface area contributed by atoms with Gasteiger partial charge in [0.25, 0.3) is 10.2 Å². The molecule has 1 fully saturated rings. The first-order valence-electron chi connectivity index (χ1n) is 4.95. The first-order valence-corrected chi connectivity index (χ1v) is 6.39. The lowest BCUT2D eigenvalue weighted by molar-refractivity contribution is -0.137. The molecule has 0 aliphatic heterocycles. The van der Waals surface area contributed by atoms with Crippen molar-refractivity contribution >= 4 is 16.2 Å². The van der Waals surface area contributed by atoms with Gasteiger partial charge in [-0.05, 0) is 19.3 Å². The van der Waals surface area contributed by atoms with E-state index in [0.717, 1.165) is 17.1 Å². The number of nitrogens with one attached hydrogen (secondary N) is 1. The highest BCUT2D eigenvalue weighted by Gasteiger charge is 2.38. The molecule has 0 aromatic carbocycles. The van der Waals surface area contributed by atoms with Crippen molar-refractivity contribution in [2.45, 2.75) is 32.2 Å². The van der Waals surface area contributed by atoms with Crippen LogP contribution in [0.1, 0.15) is 26.2 Å². The van der Waals surface area contributed by atoms with Crippen LogP contribution in [0.25, 0.3) is 0 Å². The maximum absolute atomic E-state index is 11.7. The van der Waals surface area contributed by atoms with E-state index in [2.05, 4.69) is 4.72 Å². The van der Waals surface area contributed by atoms with Crippen LogP contribution in [0.2, 0.25) is 0 Å². The van der Waals surface area contributed by atoms with E-state index in [-0.39, 0.29) is 6.04 Å². The highest BCUT2D eigenvalue weighted by molar-refractivity contribution is 7.87. The molecule has 1 rings (SSSR count). The summed E-state index contributed by atoms with van der Waals surface area (Å²) in [7, 11) is -3.61. The van der Waals surface area contributed by atoms with Crippen molar-refractivity contribution in [2.24, 2.45) is 0 Å². The molecule has 0 atom stereocenters. The van der Waals surface area contributed by atoms with Gasteiger partial charge in [0.05, 0.1) is 0 Å². The molecule has 2 N–H and O–H groups in total. The van der Waals surface area contributed by atoms with Crippen molar-refractivity contribution in [3.05, 3.63) is 0 Å². The smallest absolute Gasteiger partial charge is 0.318 e. The normalized spacial score (nSPS) is 16.9. The summed E-state index contributed by atoms with van der Waals surface area (Å²) in [6.45, 7) is 1.73. The number of carboxylic acids is 1. The van der Waals surface area contributed by atoms with Gasteiger partial charge in [0, 0.05) is 12.6 Å². The third kappa shape index (κ3) is 3.77. The highest BCUT2D eigenvalue weighted by Crippen LogP contribution is 2.28. The zero-order chi connectivity index (χ0) is 11.5. The van der Waals surface area contributed by atoms with Gasteiger partial charge in [-0.15, -0.1) is 0 Å². The molecule has 7 heteroatoms. The second kappa shape index (κ2) is 4.91. The Bertz CT molecular complexity index is 324. The van der Waals surface area contributed by atoms with Crippen LogP contribution >= 0.6 is 0 Å². The van der Waals surface area contributed by atoms with Crippen molar-refractivity contribution in [1.29, 1.82) is 0 Å². The van der Waals surface area contributed by atoms with Gasteiger partial charge < -0.3 is 5.11 Å². The van der Waals surface area contributed by atoms with Crippen LogP contribution in [-0.2, 0) is 15.0 Å². The summed E-state index contributed by atoms with van der Waals surface area (Å²) in [6.07, 6.45) is 2.19. The number of hydrogen-bond donors (Lipinski definition) is 2. The zero-order valence-electron chi connectivity index (χ0n) is 8.64. The average molecular weight is 236 g/mol. The first kappa shape index (κ1) is 12.4. The van der Waals surface area contributed by atoms with Crippen LogP contribution in [0.3, 0.4) is 0 Å². The predicted molar refractivity (Wildman–Crippen MR) is 54.6 cm³/mol. The van der Waals surface area contributed by atoms with Crippen LogP contribution in [0.4, 0.5) is 0 Å². The lowest BCUT2D eigenvalue weighted by Crippen LogP contribution is -2.44. The largest absolute Gasteiger partial charge is 0.480 e. The monoisotopic (exact) mass is 236 g/mol. The Kier molecular flexibility index (Phi) is 4.06. The summed E-state index contributed by atoms with van der Waals surface area (Å²) in [5, 5.41) is 8.62. The third-order valence-electron chi connectivity index (χ3n) is 2.09. The Morgan fingerprint density at radius 3 is 2.53 bits per heavy atom. The topological polar surface area (TPSA) is 86.7 Å².